The molecule has 0 aromatic heterocycles. The fourth-order valence-corrected chi connectivity index (χ4v) is 2.54. The van der Waals surface area contributed by atoms with E-state index in [0.717, 1.165) is 4.31 Å². The van der Waals surface area contributed by atoms with E-state index in [0.29, 0.717) is 5.71 Å². The van der Waals surface area contributed by atoms with Gasteiger partial charge in [0, 0.05) is 25.9 Å². The summed E-state index contributed by atoms with van der Waals surface area (Å²) in [6.07, 6.45) is -4.16. The van der Waals surface area contributed by atoms with Crippen LogP contribution in [0.2, 0.25) is 0 Å². The van der Waals surface area contributed by atoms with Crippen LogP contribution in [0.4, 0.5) is 13.2 Å². The summed E-state index contributed by atoms with van der Waals surface area (Å²) in [7, 11) is -4.12. The molecule has 1 aliphatic rings. The molecule has 100 valence electrons. The van der Waals surface area contributed by atoms with Gasteiger partial charge < -0.3 is 5.21 Å². The van der Waals surface area contributed by atoms with Crippen LogP contribution in [-0.2, 0) is 10.2 Å². The van der Waals surface area contributed by atoms with Crippen LogP contribution in [0.15, 0.2) is 5.16 Å². The Kier molecular flexibility index (Phi) is 4.33. The van der Waals surface area contributed by atoms with E-state index in [1.807, 2.05) is 0 Å². The first-order valence-electron chi connectivity index (χ1n) is 4.76. The van der Waals surface area contributed by atoms with E-state index in [1.54, 1.807) is 0 Å². The van der Waals surface area contributed by atoms with Gasteiger partial charge in [-0.25, -0.2) is 0 Å². The molecule has 0 amide bonds. The van der Waals surface area contributed by atoms with Crippen LogP contribution in [0.1, 0.15) is 12.8 Å². The largest absolute Gasteiger partial charge is 0.411 e. The first-order chi connectivity index (χ1) is 7.74. The van der Waals surface area contributed by atoms with Crippen molar-refractivity contribution >= 4 is 15.9 Å². The maximum Gasteiger partial charge on any atom is 0.402 e. The molecule has 1 aliphatic heterocycles. The quantitative estimate of drug-likeness (QED) is 0.574. The number of oxime groups is 1. The van der Waals surface area contributed by atoms with E-state index in [4.69, 9.17) is 5.21 Å². The molecule has 0 radical (unpaired) electrons. The Balaban J connectivity index is 2.55. The van der Waals surface area contributed by atoms with Gasteiger partial charge in [0.25, 0.3) is 10.2 Å². The lowest BCUT2D eigenvalue weighted by molar-refractivity contribution is -0.121. The Morgan fingerprint density at radius 3 is 2.29 bits per heavy atom. The van der Waals surface area contributed by atoms with Crippen LogP contribution in [0.3, 0.4) is 0 Å². The van der Waals surface area contributed by atoms with Crippen molar-refractivity contribution in [3.63, 3.8) is 0 Å². The monoisotopic (exact) mass is 275 g/mol. The zero-order valence-corrected chi connectivity index (χ0v) is 9.55. The Labute approximate surface area is 96.3 Å². The van der Waals surface area contributed by atoms with Gasteiger partial charge in [-0.05, 0) is 0 Å². The minimum absolute atomic E-state index is 0.00653. The highest BCUT2D eigenvalue weighted by molar-refractivity contribution is 7.87. The third-order valence-corrected chi connectivity index (χ3v) is 3.79. The molecule has 1 fully saturated rings. The summed E-state index contributed by atoms with van der Waals surface area (Å²) in [5.41, 5.74) is 0.437. The third-order valence-electron chi connectivity index (χ3n) is 2.24. The van der Waals surface area contributed by atoms with E-state index >= 15 is 0 Å². The summed E-state index contributed by atoms with van der Waals surface area (Å²) >= 11 is 0. The molecule has 0 saturated carbocycles. The molecular formula is C7H12F3N3O3S. The van der Waals surface area contributed by atoms with Gasteiger partial charge >= 0.3 is 6.18 Å². The fraction of sp³-hybridized carbons (Fsp3) is 0.857. The molecule has 0 aromatic rings. The molecular weight excluding hydrogens is 263 g/mol. The Morgan fingerprint density at radius 1 is 1.35 bits per heavy atom. The number of nitrogens with zero attached hydrogens (tertiary/aromatic N) is 2. The van der Waals surface area contributed by atoms with Crippen LogP contribution in [-0.4, -0.2) is 49.5 Å². The standard InChI is InChI=1S/C7H12F3N3O3S/c8-7(9,10)5-11-17(15,16)13-3-1-6(12-14)2-4-13/h11,14H,1-5H2. The minimum Gasteiger partial charge on any atom is -0.411 e. The van der Waals surface area contributed by atoms with Gasteiger partial charge in [0.1, 0.15) is 6.54 Å². The number of hydrogen-bond donors (Lipinski definition) is 2. The maximum absolute atomic E-state index is 11.9. The molecule has 0 atom stereocenters. The highest BCUT2D eigenvalue weighted by atomic mass is 32.2. The van der Waals surface area contributed by atoms with Crippen molar-refractivity contribution in [1.29, 1.82) is 0 Å². The molecule has 0 bridgehead atoms. The number of nitrogens with one attached hydrogen (secondary N) is 1. The molecule has 1 heterocycles. The van der Waals surface area contributed by atoms with Crippen LogP contribution in [0.25, 0.3) is 0 Å². The van der Waals surface area contributed by atoms with Crippen molar-refractivity contribution in [2.45, 2.75) is 19.0 Å². The summed E-state index contributed by atoms with van der Waals surface area (Å²) in [5.74, 6) is 0. The maximum atomic E-state index is 11.9. The Morgan fingerprint density at radius 2 is 1.88 bits per heavy atom. The van der Waals surface area contributed by atoms with Gasteiger partial charge in [-0.1, -0.05) is 5.16 Å². The Hall–Kier alpha value is -0.870. The fourth-order valence-electron chi connectivity index (χ4n) is 1.35. The smallest absolute Gasteiger partial charge is 0.402 e. The summed E-state index contributed by atoms with van der Waals surface area (Å²) in [6, 6.07) is 0. The second-order valence-electron chi connectivity index (χ2n) is 3.51. The lowest BCUT2D eigenvalue weighted by atomic mass is 10.1. The number of hydrogen-bond acceptors (Lipinski definition) is 4. The van der Waals surface area contributed by atoms with Crippen LogP contribution in [0, 0.1) is 0 Å². The molecule has 10 heteroatoms. The first-order valence-corrected chi connectivity index (χ1v) is 6.20. The van der Waals surface area contributed by atoms with Gasteiger partial charge in [-0.2, -0.15) is 30.6 Å². The summed E-state index contributed by atoms with van der Waals surface area (Å²) in [6.45, 7) is -1.58. The van der Waals surface area contributed by atoms with Crippen LogP contribution < -0.4 is 4.72 Å². The molecule has 17 heavy (non-hydrogen) atoms. The van der Waals surface area contributed by atoms with Crippen LogP contribution >= 0.6 is 0 Å². The van der Waals surface area contributed by atoms with E-state index in [-0.39, 0.29) is 25.9 Å². The van der Waals surface area contributed by atoms with Crippen LogP contribution in [0.5, 0.6) is 0 Å². The summed E-state index contributed by atoms with van der Waals surface area (Å²) in [4.78, 5) is 0. The second-order valence-corrected chi connectivity index (χ2v) is 5.26. The lowest BCUT2D eigenvalue weighted by Gasteiger charge is -2.26. The van der Waals surface area contributed by atoms with Crippen molar-refractivity contribution in [3.05, 3.63) is 0 Å². The number of alkyl halides is 3. The molecule has 0 unspecified atom stereocenters. The predicted octanol–water partition coefficient (Wildman–Crippen LogP) is 0.309. The number of rotatable bonds is 3. The van der Waals surface area contributed by atoms with E-state index < -0.39 is 22.9 Å². The topological polar surface area (TPSA) is 82.0 Å². The van der Waals surface area contributed by atoms with Crippen molar-refractivity contribution in [2.75, 3.05) is 19.6 Å². The average Bonchev–Trinajstić information content (AvgIpc) is 2.26. The van der Waals surface area contributed by atoms with Gasteiger partial charge in [0.2, 0.25) is 0 Å². The Bertz CT molecular complexity index is 383. The third kappa shape index (κ3) is 4.48. The number of piperidine rings is 1. The molecule has 0 aromatic carbocycles. The molecule has 1 rings (SSSR count). The summed E-state index contributed by atoms with van der Waals surface area (Å²) in [5, 5.41) is 11.4. The predicted molar refractivity (Wildman–Crippen MR) is 53.0 cm³/mol. The van der Waals surface area contributed by atoms with Gasteiger partial charge in [0.05, 0.1) is 5.71 Å². The lowest BCUT2D eigenvalue weighted by Crippen LogP contribution is -2.47. The minimum atomic E-state index is -4.58. The molecule has 2 N–H and O–H groups in total. The van der Waals surface area contributed by atoms with Gasteiger partial charge in [0.15, 0.2) is 0 Å². The van der Waals surface area contributed by atoms with Gasteiger partial charge in [-0.15, -0.1) is 0 Å². The normalized spacial score (nSPS) is 19.4. The zero-order chi connectivity index (χ0) is 13.1. The van der Waals surface area contributed by atoms with Crippen molar-refractivity contribution in [1.82, 2.24) is 9.03 Å². The van der Waals surface area contributed by atoms with Gasteiger partial charge in [-0.3, -0.25) is 0 Å². The van der Waals surface area contributed by atoms with E-state index in [9.17, 15) is 21.6 Å². The highest BCUT2D eigenvalue weighted by Gasteiger charge is 2.32. The number of halogens is 3. The van der Waals surface area contributed by atoms with Crippen molar-refractivity contribution in [2.24, 2.45) is 5.16 Å². The molecule has 0 spiro atoms. The van der Waals surface area contributed by atoms with Crippen molar-refractivity contribution in [3.8, 4) is 0 Å². The summed E-state index contributed by atoms with van der Waals surface area (Å²) < 4.78 is 60.9. The van der Waals surface area contributed by atoms with E-state index in [1.165, 1.54) is 4.72 Å². The average molecular weight is 275 g/mol. The second kappa shape index (κ2) is 5.19. The highest BCUT2D eigenvalue weighted by Crippen LogP contribution is 2.15. The SMILES string of the molecule is O=S(=O)(NCC(F)(F)F)N1CCC(=NO)CC1. The molecule has 6 nitrogen and oxygen atoms in total. The molecule has 1 saturated heterocycles. The zero-order valence-electron chi connectivity index (χ0n) is 8.74. The van der Waals surface area contributed by atoms with E-state index in [2.05, 4.69) is 5.16 Å². The van der Waals surface area contributed by atoms with Crippen molar-refractivity contribution < 1.29 is 26.8 Å². The molecule has 0 aliphatic carbocycles. The first kappa shape index (κ1) is 14.2.